The summed E-state index contributed by atoms with van der Waals surface area (Å²) in [4.78, 5) is 20.6. The van der Waals surface area contributed by atoms with Crippen molar-refractivity contribution in [2.45, 2.75) is 19.9 Å². The maximum atomic E-state index is 12.2. The van der Waals surface area contributed by atoms with Gasteiger partial charge in [-0.3, -0.25) is 9.69 Å². The van der Waals surface area contributed by atoms with Gasteiger partial charge in [-0.15, -0.1) is 11.3 Å². The van der Waals surface area contributed by atoms with E-state index in [2.05, 4.69) is 15.7 Å². The topological polar surface area (TPSA) is 48.5 Å². The zero-order chi connectivity index (χ0) is 13.7. The zero-order valence-corrected chi connectivity index (χ0v) is 12.5. The van der Waals surface area contributed by atoms with Crippen molar-refractivity contribution in [2.75, 3.05) is 39.8 Å². The molecule has 1 saturated heterocycles. The molecule has 2 heterocycles. The lowest BCUT2D eigenvalue weighted by Gasteiger charge is -2.23. The van der Waals surface area contributed by atoms with Crippen LogP contribution in [0.15, 0.2) is 5.38 Å². The Balaban J connectivity index is 1.80. The highest BCUT2D eigenvalue weighted by molar-refractivity contribution is 7.09. The van der Waals surface area contributed by atoms with Gasteiger partial charge in [-0.25, -0.2) is 4.98 Å². The molecule has 0 aromatic carbocycles. The minimum absolute atomic E-state index is 0.221. The molecule has 1 fully saturated rings. The van der Waals surface area contributed by atoms with E-state index in [9.17, 15) is 4.79 Å². The Morgan fingerprint density at radius 1 is 1.53 bits per heavy atom. The summed E-state index contributed by atoms with van der Waals surface area (Å²) in [5.41, 5.74) is 1.05. The molecule has 1 aliphatic heterocycles. The van der Waals surface area contributed by atoms with E-state index in [0.717, 1.165) is 49.8 Å². The summed E-state index contributed by atoms with van der Waals surface area (Å²) in [5, 5.41) is 6.45. The molecule has 6 heteroatoms. The molecule has 0 aliphatic carbocycles. The molecule has 1 aliphatic rings. The third-order valence-electron chi connectivity index (χ3n) is 3.20. The average Bonchev–Trinajstić information content (AvgIpc) is 2.64. The van der Waals surface area contributed by atoms with Gasteiger partial charge in [-0.05, 0) is 26.9 Å². The van der Waals surface area contributed by atoms with Gasteiger partial charge in [0, 0.05) is 31.6 Å². The summed E-state index contributed by atoms with van der Waals surface area (Å²) in [6.07, 6.45) is 1.04. The van der Waals surface area contributed by atoms with E-state index >= 15 is 0 Å². The van der Waals surface area contributed by atoms with E-state index in [1.165, 1.54) is 0 Å². The van der Waals surface area contributed by atoms with E-state index < -0.39 is 0 Å². The number of aryl methyl sites for hydroxylation is 1. The summed E-state index contributed by atoms with van der Waals surface area (Å²) < 4.78 is 0. The third-order valence-corrected chi connectivity index (χ3v) is 4.02. The molecule has 19 heavy (non-hydrogen) atoms. The van der Waals surface area contributed by atoms with Gasteiger partial charge >= 0.3 is 0 Å². The van der Waals surface area contributed by atoms with Gasteiger partial charge in [0.05, 0.1) is 17.2 Å². The minimum Gasteiger partial charge on any atom is -0.340 e. The Kier molecular flexibility index (Phi) is 5.30. The Bertz CT molecular complexity index is 413. The smallest absolute Gasteiger partial charge is 0.236 e. The molecule has 1 amide bonds. The van der Waals surface area contributed by atoms with Crippen molar-refractivity contribution in [1.82, 2.24) is 20.1 Å². The van der Waals surface area contributed by atoms with Crippen LogP contribution in [-0.2, 0) is 11.3 Å². The van der Waals surface area contributed by atoms with E-state index in [1.54, 1.807) is 11.3 Å². The normalized spacial score (nSPS) is 16.7. The van der Waals surface area contributed by atoms with Crippen LogP contribution in [0.2, 0.25) is 0 Å². The number of carbonyl (C=O) groups excluding carboxylic acids is 1. The number of amides is 1. The number of carbonyl (C=O) groups is 1. The molecule has 1 N–H and O–H groups in total. The van der Waals surface area contributed by atoms with Crippen LogP contribution in [0.4, 0.5) is 0 Å². The van der Waals surface area contributed by atoms with E-state index in [-0.39, 0.29) is 5.91 Å². The molecule has 1 aromatic heterocycles. The molecule has 106 valence electrons. The first-order valence-electron chi connectivity index (χ1n) is 6.73. The summed E-state index contributed by atoms with van der Waals surface area (Å²) in [6, 6.07) is 0. The number of aromatic nitrogens is 1. The molecule has 0 atom stereocenters. The maximum absolute atomic E-state index is 12.2. The quantitative estimate of drug-likeness (QED) is 0.883. The lowest BCUT2D eigenvalue weighted by molar-refractivity contribution is -0.132. The Hall–Kier alpha value is -0.980. The van der Waals surface area contributed by atoms with Crippen LogP contribution in [0.5, 0.6) is 0 Å². The van der Waals surface area contributed by atoms with Gasteiger partial charge in [0.2, 0.25) is 5.91 Å². The van der Waals surface area contributed by atoms with Crippen molar-refractivity contribution in [2.24, 2.45) is 0 Å². The molecule has 2 rings (SSSR count). The minimum atomic E-state index is 0.221. The molecule has 5 nitrogen and oxygen atoms in total. The van der Waals surface area contributed by atoms with Crippen LogP contribution >= 0.6 is 11.3 Å². The van der Waals surface area contributed by atoms with Crippen LogP contribution in [0.3, 0.4) is 0 Å². The fourth-order valence-electron chi connectivity index (χ4n) is 2.24. The van der Waals surface area contributed by atoms with Crippen LogP contribution in [0, 0.1) is 6.92 Å². The van der Waals surface area contributed by atoms with Gasteiger partial charge in [-0.2, -0.15) is 0 Å². The third kappa shape index (κ3) is 4.56. The van der Waals surface area contributed by atoms with Crippen molar-refractivity contribution < 1.29 is 4.79 Å². The number of likely N-dealkylation sites (N-methyl/N-ethyl adjacent to an activating group) is 1. The second-order valence-electron chi connectivity index (χ2n) is 5.01. The number of rotatable bonds is 4. The van der Waals surface area contributed by atoms with Crippen molar-refractivity contribution in [3.8, 4) is 0 Å². The average molecular weight is 282 g/mol. The standard InChI is InChI=1S/C13H22N4OS/c1-11-15-12(10-19-11)8-16(2)9-13(18)17-6-3-4-14-5-7-17/h10,14H,3-9H2,1-2H3. The molecular formula is C13H22N4OS. The highest BCUT2D eigenvalue weighted by Crippen LogP contribution is 2.09. The van der Waals surface area contributed by atoms with E-state index in [0.29, 0.717) is 6.54 Å². The Morgan fingerprint density at radius 3 is 3.11 bits per heavy atom. The monoisotopic (exact) mass is 282 g/mol. The van der Waals surface area contributed by atoms with Crippen molar-refractivity contribution in [1.29, 1.82) is 0 Å². The first-order valence-corrected chi connectivity index (χ1v) is 7.61. The van der Waals surface area contributed by atoms with Crippen LogP contribution in [0.1, 0.15) is 17.1 Å². The molecule has 0 saturated carbocycles. The van der Waals surface area contributed by atoms with Gasteiger partial charge in [0.25, 0.3) is 0 Å². The number of thiazole rings is 1. The van der Waals surface area contributed by atoms with Crippen LogP contribution in [-0.4, -0.2) is 60.5 Å². The van der Waals surface area contributed by atoms with Crippen LogP contribution in [0.25, 0.3) is 0 Å². The highest BCUT2D eigenvalue weighted by atomic mass is 32.1. The van der Waals surface area contributed by atoms with Gasteiger partial charge in [-0.1, -0.05) is 0 Å². The Labute approximate surface area is 118 Å². The molecule has 0 radical (unpaired) electrons. The molecule has 0 unspecified atom stereocenters. The fraction of sp³-hybridized carbons (Fsp3) is 0.692. The Morgan fingerprint density at radius 2 is 2.37 bits per heavy atom. The van der Waals surface area contributed by atoms with E-state index in [4.69, 9.17) is 0 Å². The second-order valence-corrected chi connectivity index (χ2v) is 6.08. The summed E-state index contributed by atoms with van der Waals surface area (Å²) in [5.74, 6) is 0.221. The van der Waals surface area contributed by atoms with Gasteiger partial charge in [0.15, 0.2) is 0 Å². The van der Waals surface area contributed by atoms with E-state index in [1.807, 2.05) is 23.8 Å². The fourth-order valence-corrected chi connectivity index (χ4v) is 2.84. The SMILES string of the molecule is Cc1nc(CN(C)CC(=O)N2CCCNCC2)cs1. The van der Waals surface area contributed by atoms with Crippen molar-refractivity contribution >= 4 is 17.2 Å². The molecule has 0 spiro atoms. The largest absolute Gasteiger partial charge is 0.340 e. The first-order chi connectivity index (χ1) is 9.15. The maximum Gasteiger partial charge on any atom is 0.236 e. The molecule has 1 aromatic rings. The summed E-state index contributed by atoms with van der Waals surface area (Å²) in [7, 11) is 1.97. The summed E-state index contributed by atoms with van der Waals surface area (Å²) >= 11 is 1.65. The van der Waals surface area contributed by atoms with Gasteiger partial charge < -0.3 is 10.2 Å². The molecule has 0 bridgehead atoms. The number of nitrogens with zero attached hydrogens (tertiary/aromatic N) is 3. The lowest BCUT2D eigenvalue weighted by Crippen LogP contribution is -2.40. The van der Waals surface area contributed by atoms with Gasteiger partial charge in [0.1, 0.15) is 0 Å². The zero-order valence-electron chi connectivity index (χ0n) is 11.7. The highest BCUT2D eigenvalue weighted by Gasteiger charge is 2.17. The first kappa shape index (κ1) is 14.4. The molecular weight excluding hydrogens is 260 g/mol. The number of hydrogen-bond acceptors (Lipinski definition) is 5. The summed E-state index contributed by atoms with van der Waals surface area (Å²) in [6.45, 7) is 6.82. The predicted octanol–water partition coefficient (Wildman–Crippen LogP) is 0.705. The van der Waals surface area contributed by atoms with Crippen molar-refractivity contribution in [3.63, 3.8) is 0 Å². The second kappa shape index (κ2) is 6.98. The number of hydrogen-bond donors (Lipinski definition) is 1. The van der Waals surface area contributed by atoms with Crippen LogP contribution < -0.4 is 5.32 Å². The van der Waals surface area contributed by atoms with Crippen molar-refractivity contribution in [3.05, 3.63) is 16.1 Å². The predicted molar refractivity (Wildman–Crippen MR) is 77.3 cm³/mol. The number of nitrogens with one attached hydrogen (secondary N) is 1. The lowest BCUT2D eigenvalue weighted by atomic mass is 10.3.